The molecular formula is C21H36N4O. The Labute approximate surface area is 159 Å². The highest BCUT2D eigenvalue weighted by Gasteiger charge is 2.21. The number of nitrogens with zero attached hydrogens (tertiary/aromatic N) is 2. The quantitative estimate of drug-likeness (QED) is 0.419. The molecule has 0 radical (unpaired) electrons. The molecule has 1 aromatic rings. The van der Waals surface area contributed by atoms with Crippen molar-refractivity contribution in [1.82, 2.24) is 10.2 Å². The number of hydrogen-bond donors (Lipinski definition) is 2. The number of rotatable bonds is 8. The Morgan fingerprint density at radius 2 is 2.08 bits per heavy atom. The second-order valence-electron chi connectivity index (χ2n) is 7.57. The number of guanidine groups is 1. The summed E-state index contributed by atoms with van der Waals surface area (Å²) < 4.78 is 5.80. The first-order valence-electron chi connectivity index (χ1n) is 10.1. The van der Waals surface area contributed by atoms with Crippen LogP contribution in [0.4, 0.5) is 5.69 Å². The Hall–Kier alpha value is -1.75. The van der Waals surface area contributed by atoms with Crippen LogP contribution in [0.15, 0.2) is 29.3 Å². The molecule has 1 unspecified atom stereocenters. The zero-order chi connectivity index (χ0) is 18.8. The molecule has 0 bridgehead atoms. The first-order valence-corrected chi connectivity index (χ1v) is 10.1. The van der Waals surface area contributed by atoms with Gasteiger partial charge in [0, 0.05) is 19.1 Å². The van der Waals surface area contributed by atoms with Crippen molar-refractivity contribution < 1.29 is 4.74 Å². The van der Waals surface area contributed by atoms with E-state index in [1.807, 2.05) is 24.3 Å². The SMILES string of the molecule is CC(C)CCOc1ccc(/N=C(\NCCCN)N2CCCCC2C)cc1. The monoisotopic (exact) mass is 360 g/mol. The van der Waals surface area contributed by atoms with Crippen LogP contribution in [-0.4, -0.2) is 43.1 Å². The van der Waals surface area contributed by atoms with E-state index in [1.165, 1.54) is 19.3 Å². The first-order chi connectivity index (χ1) is 12.6. The molecule has 3 N–H and O–H groups in total. The lowest BCUT2D eigenvalue weighted by Crippen LogP contribution is -2.48. The van der Waals surface area contributed by atoms with Crippen molar-refractivity contribution in [3.8, 4) is 5.75 Å². The van der Waals surface area contributed by atoms with Gasteiger partial charge in [0.25, 0.3) is 0 Å². The lowest BCUT2D eigenvalue weighted by Gasteiger charge is -2.36. The molecule has 2 rings (SSSR count). The number of aliphatic imine (C=N–C) groups is 1. The maximum Gasteiger partial charge on any atom is 0.199 e. The minimum absolute atomic E-state index is 0.520. The van der Waals surface area contributed by atoms with Gasteiger partial charge in [-0.3, -0.25) is 0 Å². The molecule has 5 nitrogen and oxygen atoms in total. The molecule has 1 saturated heterocycles. The lowest BCUT2D eigenvalue weighted by atomic mass is 10.0. The van der Waals surface area contributed by atoms with Crippen LogP contribution in [0.1, 0.15) is 52.9 Å². The third-order valence-electron chi connectivity index (χ3n) is 4.77. The van der Waals surface area contributed by atoms with Gasteiger partial charge < -0.3 is 20.7 Å². The molecule has 5 heteroatoms. The zero-order valence-corrected chi connectivity index (χ0v) is 16.7. The average Bonchev–Trinajstić information content (AvgIpc) is 2.63. The van der Waals surface area contributed by atoms with Crippen molar-refractivity contribution >= 4 is 11.6 Å². The summed E-state index contributed by atoms with van der Waals surface area (Å²) in [6, 6.07) is 8.60. The fourth-order valence-electron chi connectivity index (χ4n) is 3.07. The summed E-state index contributed by atoms with van der Waals surface area (Å²) in [5.41, 5.74) is 6.59. The van der Waals surface area contributed by atoms with Crippen LogP contribution in [0, 0.1) is 5.92 Å². The number of nitrogens with two attached hydrogens (primary N) is 1. The maximum atomic E-state index is 5.80. The van der Waals surface area contributed by atoms with Gasteiger partial charge in [0.05, 0.1) is 12.3 Å². The molecule has 0 amide bonds. The fraction of sp³-hybridized carbons (Fsp3) is 0.667. The maximum absolute atomic E-state index is 5.80. The number of nitrogens with one attached hydrogen (secondary N) is 1. The largest absolute Gasteiger partial charge is 0.494 e. The number of ether oxygens (including phenoxy) is 1. The molecule has 146 valence electrons. The van der Waals surface area contributed by atoms with Gasteiger partial charge in [0.2, 0.25) is 0 Å². The van der Waals surface area contributed by atoms with Crippen LogP contribution in [0.2, 0.25) is 0 Å². The van der Waals surface area contributed by atoms with Gasteiger partial charge >= 0.3 is 0 Å². The third kappa shape index (κ3) is 6.87. The summed E-state index contributed by atoms with van der Waals surface area (Å²) in [7, 11) is 0. The van der Waals surface area contributed by atoms with Crippen molar-refractivity contribution in [3.63, 3.8) is 0 Å². The smallest absolute Gasteiger partial charge is 0.199 e. The van der Waals surface area contributed by atoms with E-state index in [0.717, 1.165) is 49.9 Å². The van der Waals surface area contributed by atoms with E-state index in [9.17, 15) is 0 Å². The molecule has 0 aromatic heterocycles. The molecule has 26 heavy (non-hydrogen) atoms. The van der Waals surface area contributed by atoms with Gasteiger partial charge in [0.15, 0.2) is 5.96 Å². The van der Waals surface area contributed by atoms with Crippen molar-refractivity contribution in [2.24, 2.45) is 16.6 Å². The first kappa shape index (κ1) is 20.6. The molecule has 0 aliphatic carbocycles. The summed E-state index contributed by atoms with van der Waals surface area (Å²) in [4.78, 5) is 7.29. The van der Waals surface area contributed by atoms with Crippen LogP contribution in [0.5, 0.6) is 5.75 Å². The van der Waals surface area contributed by atoms with Crippen LogP contribution < -0.4 is 15.8 Å². The molecule has 0 saturated carbocycles. The summed E-state index contributed by atoms with van der Waals surface area (Å²) in [5.74, 6) is 2.54. The number of likely N-dealkylation sites (tertiary alicyclic amines) is 1. The van der Waals surface area contributed by atoms with E-state index >= 15 is 0 Å². The number of piperidine rings is 1. The van der Waals surface area contributed by atoms with E-state index in [4.69, 9.17) is 15.5 Å². The van der Waals surface area contributed by atoms with Crippen LogP contribution in [0.3, 0.4) is 0 Å². The van der Waals surface area contributed by atoms with Crippen molar-refractivity contribution in [1.29, 1.82) is 0 Å². The molecular weight excluding hydrogens is 324 g/mol. The number of benzene rings is 1. The highest BCUT2D eigenvalue weighted by atomic mass is 16.5. The molecule has 1 aromatic carbocycles. The van der Waals surface area contributed by atoms with Crippen molar-refractivity contribution in [3.05, 3.63) is 24.3 Å². The highest BCUT2D eigenvalue weighted by Crippen LogP contribution is 2.21. The minimum atomic E-state index is 0.520. The van der Waals surface area contributed by atoms with Crippen molar-refractivity contribution in [2.75, 3.05) is 26.2 Å². The lowest BCUT2D eigenvalue weighted by molar-refractivity contribution is 0.251. The van der Waals surface area contributed by atoms with E-state index < -0.39 is 0 Å². The molecule has 1 fully saturated rings. The molecule has 1 heterocycles. The Morgan fingerprint density at radius 1 is 1.31 bits per heavy atom. The van der Waals surface area contributed by atoms with Gasteiger partial charge in [-0.05, 0) is 75.8 Å². The summed E-state index contributed by atoms with van der Waals surface area (Å²) in [6.07, 6.45) is 5.77. The Morgan fingerprint density at radius 3 is 2.73 bits per heavy atom. The molecule has 1 aliphatic heterocycles. The van der Waals surface area contributed by atoms with Gasteiger partial charge in [-0.1, -0.05) is 13.8 Å². The van der Waals surface area contributed by atoms with Crippen LogP contribution >= 0.6 is 0 Å². The van der Waals surface area contributed by atoms with E-state index in [2.05, 4.69) is 31.0 Å². The molecule has 0 spiro atoms. The number of hydrogen-bond acceptors (Lipinski definition) is 3. The standard InChI is InChI=1S/C21H36N4O/c1-17(2)12-16-26-20-10-8-19(9-11-20)24-21(23-14-6-13-22)25-15-5-4-7-18(25)3/h8-11,17-18H,4-7,12-16,22H2,1-3H3,(H,23,24). The van der Waals surface area contributed by atoms with E-state index in [0.29, 0.717) is 18.5 Å². The van der Waals surface area contributed by atoms with Gasteiger partial charge in [-0.25, -0.2) is 4.99 Å². The predicted octanol–water partition coefficient (Wildman–Crippen LogP) is 3.91. The van der Waals surface area contributed by atoms with E-state index in [-0.39, 0.29) is 0 Å². The Balaban J connectivity index is 2.04. The predicted molar refractivity (Wildman–Crippen MR) is 110 cm³/mol. The van der Waals surface area contributed by atoms with Crippen molar-refractivity contribution in [2.45, 2.75) is 58.9 Å². The van der Waals surface area contributed by atoms with Crippen LogP contribution in [-0.2, 0) is 0 Å². The Kier molecular flexibility index (Phi) is 8.75. The zero-order valence-electron chi connectivity index (χ0n) is 16.7. The summed E-state index contributed by atoms with van der Waals surface area (Å²) >= 11 is 0. The van der Waals surface area contributed by atoms with Gasteiger partial charge in [-0.15, -0.1) is 0 Å². The second-order valence-corrected chi connectivity index (χ2v) is 7.57. The fourth-order valence-corrected chi connectivity index (χ4v) is 3.07. The summed E-state index contributed by atoms with van der Waals surface area (Å²) in [6.45, 7) is 10.1. The van der Waals surface area contributed by atoms with Crippen LogP contribution in [0.25, 0.3) is 0 Å². The van der Waals surface area contributed by atoms with Gasteiger partial charge in [0.1, 0.15) is 5.75 Å². The second kappa shape index (κ2) is 11.1. The molecule has 1 aliphatic rings. The normalized spacial score (nSPS) is 18.3. The van der Waals surface area contributed by atoms with Gasteiger partial charge in [-0.2, -0.15) is 0 Å². The summed E-state index contributed by atoms with van der Waals surface area (Å²) in [5, 5.41) is 3.50. The van der Waals surface area contributed by atoms with E-state index in [1.54, 1.807) is 0 Å². The Bertz CT molecular complexity index is 541. The highest BCUT2D eigenvalue weighted by molar-refractivity contribution is 5.83. The topological polar surface area (TPSA) is 62.9 Å². The molecule has 1 atom stereocenters. The average molecular weight is 361 g/mol. The minimum Gasteiger partial charge on any atom is -0.494 e. The third-order valence-corrected chi connectivity index (χ3v) is 4.77.